The molecule has 0 aliphatic carbocycles. The second kappa shape index (κ2) is 9.75. The molecule has 3 N–H and O–H groups in total. The lowest BCUT2D eigenvalue weighted by atomic mass is 10.2. The summed E-state index contributed by atoms with van der Waals surface area (Å²) in [6.07, 6.45) is 2.14. The van der Waals surface area contributed by atoms with Crippen LogP contribution in [0.4, 0.5) is 37.5 Å². The summed E-state index contributed by atoms with van der Waals surface area (Å²) in [5, 5.41) is 5.67. The normalized spacial score (nSPS) is 11.1. The Kier molecular flexibility index (Phi) is 7.04. The second-order valence-electron chi connectivity index (χ2n) is 6.71. The number of benzene rings is 1. The van der Waals surface area contributed by atoms with E-state index in [9.17, 15) is 22.0 Å². The zero-order valence-corrected chi connectivity index (χ0v) is 18.6. The highest BCUT2D eigenvalue weighted by molar-refractivity contribution is 7.92. The molecule has 13 heteroatoms. The summed E-state index contributed by atoms with van der Waals surface area (Å²) in [7, 11) is -1.35. The summed E-state index contributed by atoms with van der Waals surface area (Å²) in [5.41, 5.74) is 2.11. The van der Waals surface area contributed by atoms with Gasteiger partial charge in [0.2, 0.25) is 16.0 Å². The fraction of sp³-hybridized carbons (Fsp3) is 0.150. The minimum atomic E-state index is -3.80. The molecule has 0 fully saturated rings. The van der Waals surface area contributed by atoms with E-state index in [-0.39, 0.29) is 34.3 Å². The van der Waals surface area contributed by atoms with Gasteiger partial charge < -0.3 is 10.6 Å². The Bertz CT molecular complexity index is 1290. The van der Waals surface area contributed by atoms with E-state index < -0.39 is 27.7 Å². The number of sulfonamides is 1. The fourth-order valence-electron chi connectivity index (χ4n) is 2.81. The monoisotopic (exact) mass is 478 g/mol. The SMILES string of the molecule is CONC(=O)c1cnc(Nc2cccc(F)n2)cc1Nc1cccc(F)c1N(C)S(C)(=O)=O. The van der Waals surface area contributed by atoms with Crippen molar-refractivity contribution in [1.82, 2.24) is 15.4 Å². The van der Waals surface area contributed by atoms with E-state index in [0.29, 0.717) is 0 Å². The van der Waals surface area contributed by atoms with Crippen LogP contribution >= 0.6 is 0 Å². The highest BCUT2D eigenvalue weighted by Crippen LogP contribution is 2.34. The van der Waals surface area contributed by atoms with E-state index in [4.69, 9.17) is 0 Å². The van der Waals surface area contributed by atoms with Crippen molar-refractivity contribution in [3.8, 4) is 0 Å². The lowest BCUT2D eigenvalue weighted by Gasteiger charge is -2.22. The molecule has 174 valence electrons. The zero-order chi connectivity index (χ0) is 24.2. The first kappa shape index (κ1) is 23.8. The Morgan fingerprint density at radius 2 is 1.79 bits per heavy atom. The number of amides is 1. The molecule has 1 amide bonds. The van der Waals surface area contributed by atoms with Gasteiger partial charge in [-0.15, -0.1) is 0 Å². The number of para-hydroxylation sites is 1. The number of carbonyl (C=O) groups excluding carboxylic acids is 1. The first-order chi connectivity index (χ1) is 15.6. The van der Waals surface area contributed by atoms with Crippen LogP contribution in [0.25, 0.3) is 0 Å². The van der Waals surface area contributed by atoms with E-state index in [2.05, 4.69) is 30.9 Å². The van der Waals surface area contributed by atoms with Crippen LogP contribution < -0.4 is 20.4 Å². The maximum atomic E-state index is 14.6. The van der Waals surface area contributed by atoms with Crippen LogP contribution in [0.15, 0.2) is 48.7 Å². The number of anilines is 5. The molecule has 0 unspecified atom stereocenters. The molecule has 0 spiro atoms. The number of rotatable bonds is 8. The number of nitrogens with zero attached hydrogens (tertiary/aromatic N) is 3. The molecule has 0 atom stereocenters. The van der Waals surface area contributed by atoms with Gasteiger partial charge in [0.15, 0.2) is 0 Å². The van der Waals surface area contributed by atoms with Crippen molar-refractivity contribution in [3.63, 3.8) is 0 Å². The molecule has 2 heterocycles. The predicted molar refractivity (Wildman–Crippen MR) is 119 cm³/mol. The number of halogens is 2. The van der Waals surface area contributed by atoms with Crippen LogP contribution in [0.1, 0.15) is 10.4 Å². The third-order valence-electron chi connectivity index (χ3n) is 4.38. The van der Waals surface area contributed by atoms with E-state index in [0.717, 1.165) is 16.6 Å². The van der Waals surface area contributed by atoms with Crippen LogP contribution in [-0.4, -0.2) is 44.7 Å². The molecule has 0 saturated heterocycles. The van der Waals surface area contributed by atoms with Gasteiger partial charge in [-0.05, 0) is 24.3 Å². The quantitative estimate of drug-likeness (QED) is 0.333. The van der Waals surface area contributed by atoms with Gasteiger partial charge in [-0.2, -0.15) is 4.39 Å². The van der Waals surface area contributed by atoms with E-state index in [1.807, 2.05) is 0 Å². The van der Waals surface area contributed by atoms with Crippen molar-refractivity contribution in [3.05, 3.63) is 66.0 Å². The molecular weight excluding hydrogens is 458 g/mol. The van der Waals surface area contributed by atoms with Crippen molar-refractivity contribution in [1.29, 1.82) is 0 Å². The molecule has 0 saturated carbocycles. The van der Waals surface area contributed by atoms with E-state index in [1.54, 1.807) is 0 Å². The number of pyridine rings is 2. The Hall–Kier alpha value is -3.84. The molecule has 0 aliphatic heterocycles. The predicted octanol–water partition coefficient (Wildman–Crippen LogP) is 2.93. The molecule has 0 bridgehead atoms. The molecule has 1 aromatic carbocycles. The number of nitrogens with one attached hydrogen (secondary N) is 3. The maximum absolute atomic E-state index is 14.6. The molecule has 3 aromatic rings. The van der Waals surface area contributed by atoms with Crippen LogP contribution in [0, 0.1) is 11.8 Å². The largest absolute Gasteiger partial charge is 0.353 e. The summed E-state index contributed by atoms with van der Waals surface area (Å²) in [5.74, 6) is -1.84. The van der Waals surface area contributed by atoms with Crippen LogP contribution in [0.2, 0.25) is 0 Å². The molecule has 3 rings (SSSR count). The average Bonchev–Trinajstić information content (AvgIpc) is 2.73. The number of hydroxylamine groups is 1. The Morgan fingerprint density at radius 3 is 2.45 bits per heavy atom. The molecule has 10 nitrogen and oxygen atoms in total. The van der Waals surface area contributed by atoms with Gasteiger partial charge >= 0.3 is 0 Å². The van der Waals surface area contributed by atoms with E-state index in [1.165, 1.54) is 56.8 Å². The van der Waals surface area contributed by atoms with Gasteiger partial charge in [0.25, 0.3) is 5.91 Å². The van der Waals surface area contributed by atoms with Crippen molar-refractivity contribution in [2.45, 2.75) is 0 Å². The second-order valence-corrected chi connectivity index (χ2v) is 8.73. The summed E-state index contributed by atoms with van der Waals surface area (Å²) in [4.78, 5) is 24.9. The maximum Gasteiger partial charge on any atom is 0.278 e. The fourth-order valence-corrected chi connectivity index (χ4v) is 3.33. The van der Waals surface area contributed by atoms with Crippen LogP contribution in [-0.2, 0) is 14.9 Å². The summed E-state index contributed by atoms with van der Waals surface area (Å²) >= 11 is 0. The minimum absolute atomic E-state index is 0.00632. The standard InChI is InChI=1S/C20H20F2N6O4S/c1-28(33(3,30)31)19-13(21)6-4-7-14(19)24-15-10-18(23-11-12(15)20(29)27-32-2)26-17-9-5-8-16(22)25-17/h4-11H,1-3H3,(H,27,29)(H2,23,24,25,26). The van der Waals surface area contributed by atoms with Gasteiger partial charge in [-0.1, -0.05) is 12.1 Å². The van der Waals surface area contributed by atoms with Crippen LogP contribution in [0.3, 0.4) is 0 Å². The van der Waals surface area contributed by atoms with Crippen molar-refractivity contribution in [2.75, 3.05) is 35.4 Å². The van der Waals surface area contributed by atoms with Gasteiger partial charge in [0.05, 0.1) is 30.3 Å². The Labute approximate surface area is 188 Å². The van der Waals surface area contributed by atoms with Crippen molar-refractivity contribution in [2.24, 2.45) is 0 Å². The first-order valence-corrected chi connectivity index (χ1v) is 11.2. The van der Waals surface area contributed by atoms with Crippen molar-refractivity contribution < 1.29 is 26.8 Å². The first-order valence-electron chi connectivity index (χ1n) is 9.32. The summed E-state index contributed by atoms with van der Waals surface area (Å²) < 4.78 is 52.8. The molecule has 33 heavy (non-hydrogen) atoms. The highest BCUT2D eigenvalue weighted by Gasteiger charge is 2.22. The molecule has 2 aromatic heterocycles. The Morgan fingerprint density at radius 1 is 1.06 bits per heavy atom. The van der Waals surface area contributed by atoms with Crippen molar-refractivity contribution >= 4 is 44.6 Å². The zero-order valence-electron chi connectivity index (χ0n) is 17.8. The third-order valence-corrected chi connectivity index (χ3v) is 5.56. The number of aromatic nitrogens is 2. The molecule has 0 aliphatic rings. The van der Waals surface area contributed by atoms with Gasteiger partial charge in [-0.25, -0.2) is 28.3 Å². The minimum Gasteiger partial charge on any atom is -0.353 e. The van der Waals surface area contributed by atoms with E-state index >= 15 is 0 Å². The summed E-state index contributed by atoms with van der Waals surface area (Å²) in [6.45, 7) is 0. The molecular formula is C20H20F2N6O4S. The smallest absolute Gasteiger partial charge is 0.278 e. The Balaban J connectivity index is 2.07. The number of carbonyl (C=O) groups is 1. The van der Waals surface area contributed by atoms with Crippen LogP contribution in [0.5, 0.6) is 0 Å². The average molecular weight is 478 g/mol. The number of hydrogen-bond acceptors (Lipinski definition) is 8. The van der Waals surface area contributed by atoms with Gasteiger partial charge in [0.1, 0.15) is 23.1 Å². The van der Waals surface area contributed by atoms with Gasteiger partial charge in [-0.3, -0.25) is 13.9 Å². The lowest BCUT2D eigenvalue weighted by molar-refractivity contribution is 0.0538. The third kappa shape index (κ3) is 5.70. The lowest BCUT2D eigenvalue weighted by Crippen LogP contribution is -2.27. The topological polar surface area (TPSA) is 126 Å². The highest BCUT2D eigenvalue weighted by atomic mass is 32.2. The number of hydrogen-bond donors (Lipinski definition) is 3. The molecule has 0 radical (unpaired) electrons. The summed E-state index contributed by atoms with van der Waals surface area (Å²) in [6, 6.07) is 9.46. The van der Waals surface area contributed by atoms with Gasteiger partial charge in [0, 0.05) is 19.3 Å².